The van der Waals surface area contributed by atoms with Crippen LogP contribution in [-0.4, -0.2) is 21.5 Å². The van der Waals surface area contributed by atoms with Gasteiger partial charge in [-0.2, -0.15) is 0 Å². The predicted molar refractivity (Wildman–Crippen MR) is 41.4 cm³/mol. The molecule has 0 aliphatic carbocycles. The van der Waals surface area contributed by atoms with Crippen LogP contribution in [0.25, 0.3) is 0 Å². The van der Waals surface area contributed by atoms with Crippen molar-refractivity contribution in [3.63, 3.8) is 0 Å². The first-order chi connectivity index (χ1) is 4.33. The molecule has 9 heavy (non-hydrogen) atoms. The molecule has 1 nitrogen and oxygen atoms in total. The molecule has 0 atom stereocenters. The van der Waals surface area contributed by atoms with Gasteiger partial charge in [0, 0.05) is 6.20 Å². The van der Waals surface area contributed by atoms with Crippen molar-refractivity contribution < 1.29 is 0 Å². The Morgan fingerprint density at radius 3 is 2.78 bits per heavy atom. The molecule has 1 heterocycles. The number of hydrogen-bond donors (Lipinski definition) is 0. The third kappa shape index (κ3) is 1.84. The van der Waals surface area contributed by atoms with Gasteiger partial charge in [0.15, 0.2) is 0 Å². The summed E-state index contributed by atoms with van der Waals surface area (Å²) in [6.07, 6.45) is 3.80. The molecule has 0 saturated carbocycles. The van der Waals surface area contributed by atoms with Gasteiger partial charge in [-0.3, -0.25) is 4.98 Å². The lowest BCUT2D eigenvalue weighted by molar-refractivity contribution is 1.15. The molecule has 0 bridgehead atoms. The summed E-state index contributed by atoms with van der Waals surface area (Å²) in [6, 6.07) is 3.96. The average molecular weight is 152 g/mol. The van der Waals surface area contributed by atoms with E-state index in [-0.39, 0.29) is 0 Å². The van der Waals surface area contributed by atoms with Crippen molar-refractivity contribution in [3.05, 3.63) is 18.3 Å². The van der Waals surface area contributed by atoms with Gasteiger partial charge in [-0.1, -0.05) is 6.07 Å². The average Bonchev–Trinajstić information content (AvgIpc) is 1.90. The number of pyridine rings is 1. The first-order valence-corrected chi connectivity index (χ1v) is 4.27. The number of hydrogen-bond acceptors (Lipinski definition) is 2. The lowest BCUT2D eigenvalue weighted by Crippen LogP contribution is -2.01. The van der Waals surface area contributed by atoms with Gasteiger partial charge in [-0.25, -0.2) is 0 Å². The fourth-order valence-electron chi connectivity index (χ4n) is 0.501. The zero-order chi connectivity index (χ0) is 6.69. The van der Waals surface area contributed by atoms with Crippen LogP contribution in [0.1, 0.15) is 0 Å². The lowest BCUT2D eigenvalue weighted by atomic mass is 10.5. The maximum Gasteiger partial charge on any atom is 0.0956 e. The molecule has 3 heteroatoms. The van der Waals surface area contributed by atoms with Crippen LogP contribution in [0.15, 0.2) is 23.4 Å². The molecule has 0 aliphatic heterocycles. The van der Waals surface area contributed by atoms with E-state index in [0.717, 1.165) is 10.2 Å². The number of aromatic nitrogens is 1. The smallest absolute Gasteiger partial charge is 0.0956 e. The number of thioether (sulfide) groups is 1. The van der Waals surface area contributed by atoms with Gasteiger partial charge in [0.25, 0.3) is 0 Å². The van der Waals surface area contributed by atoms with Crippen LogP contribution in [0.3, 0.4) is 0 Å². The fourth-order valence-corrected chi connectivity index (χ4v) is 1.01. The van der Waals surface area contributed by atoms with Crippen LogP contribution < -0.4 is 5.19 Å². The highest BCUT2D eigenvalue weighted by molar-refractivity contribution is 7.98. The molecule has 45 valence electrons. The third-order valence-corrected chi connectivity index (χ3v) is 1.90. The number of nitrogens with zero attached hydrogens (tertiary/aromatic N) is 1. The Morgan fingerprint density at radius 2 is 2.33 bits per heavy atom. The topological polar surface area (TPSA) is 12.9 Å². The van der Waals surface area contributed by atoms with E-state index in [9.17, 15) is 0 Å². The van der Waals surface area contributed by atoms with Crippen molar-refractivity contribution in [2.45, 2.75) is 5.03 Å². The Morgan fingerprint density at radius 1 is 1.56 bits per heavy atom. The van der Waals surface area contributed by atoms with Gasteiger partial charge in [0.05, 0.1) is 15.3 Å². The normalized spacial score (nSPS) is 9.56. The van der Waals surface area contributed by atoms with E-state index in [4.69, 9.17) is 0 Å². The predicted octanol–water partition coefficient (Wildman–Crippen LogP) is 0.597. The van der Waals surface area contributed by atoms with Crippen LogP contribution in [0.5, 0.6) is 0 Å². The molecular formula is C6H6NSSi. The Hall–Kier alpha value is -0.283. The summed E-state index contributed by atoms with van der Waals surface area (Å²) >= 11 is 1.64. The summed E-state index contributed by atoms with van der Waals surface area (Å²) in [5.41, 5.74) is 0. The van der Waals surface area contributed by atoms with E-state index in [1.807, 2.05) is 18.4 Å². The molecule has 0 N–H and O–H groups in total. The van der Waals surface area contributed by atoms with Crippen molar-refractivity contribution in [1.29, 1.82) is 0 Å². The maximum atomic E-state index is 4.11. The molecule has 0 unspecified atom stereocenters. The van der Waals surface area contributed by atoms with E-state index in [2.05, 4.69) is 15.2 Å². The Labute approximate surface area is 62.3 Å². The highest BCUT2D eigenvalue weighted by Gasteiger charge is 1.87. The molecular weight excluding hydrogens is 146 g/mol. The molecule has 0 aromatic carbocycles. The van der Waals surface area contributed by atoms with Gasteiger partial charge < -0.3 is 0 Å². The SMILES string of the molecule is CSc1ccc([Si])cn1. The minimum atomic E-state index is 1.02. The van der Waals surface area contributed by atoms with E-state index in [1.54, 1.807) is 18.0 Å². The zero-order valence-electron chi connectivity index (χ0n) is 5.09. The molecule has 1 rings (SSSR count). The second-order valence-electron chi connectivity index (χ2n) is 1.59. The van der Waals surface area contributed by atoms with E-state index < -0.39 is 0 Å². The molecule has 0 amide bonds. The second kappa shape index (κ2) is 3.03. The quantitative estimate of drug-likeness (QED) is 0.432. The molecule has 3 radical (unpaired) electrons. The highest BCUT2D eigenvalue weighted by atomic mass is 32.2. The second-order valence-corrected chi connectivity index (χ2v) is 2.99. The maximum absolute atomic E-state index is 4.11. The van der Waals surface area contributed by atoms with Crippen molar-refractivity contribution in [1.82, 2.24) is 4.98 Å². The van der Waals surface area contributed by atoms with Crippen molar-refractivity contribution in [2.75, 3.05) is 6.26 Å². The summed E-state index contributed by atoms with van der Waals surface area (Å²) in [4.78, 5) is 4.11. The summed E-state index contributed by atoms with van der Waals surface area (Å²) in [7, 11) is 3.35. The minimum absolute atomic E-state index is 1.02. The van der Waals surface area contributed by atoms with Gasteiger partial charge in [0.2, 0.25) is 0 Å². The van der Waals surface area contributed by atoms with Crippen LogP contribution in [0.2, 0.25) is 0 Å². The van der Waals surface area contributed by atoms with Crippen LogP contribution >= 0.6 is 11.8 Å². The molecule has 0 saturated heterocycles. The molecule has 0 fully saturated rings. The highest BCUT2D eigenvalue weighted by Crippen LogP contribution is 2.06. The summed E-state index contributed by atoms with van der Waals surface area (Å²) < 4.78 is 0. The van der Waals surface area contributed by atoms with E-state index in [1.165, 1.54) is 0 Å². The Bertz CT molecular complexity index is 185. The summed E-state index contributed by atoms with van der Waals surface area (Å²) in [6.45, 7) is 0. The van der Waals surface area contributed by atoms with Crippen molar-refractivity contribution >= 4 is 27.2 Å². The minimum Gasteiger partial charge on any atom is -0.250 e. The molecule has 0 aliphatic rings. The monoisotopic (exact) mass is 152 g/mol. The van der Waals surface area contributed by atoms with Gasteiger partial charge in [-0.15, -0.1) is 11.8 Å². The standard InChI is InChI=1S/C6H6NSSi/c1-8-6-3-2-5(9)4-7-6/h2-4H,1H3. The van der Waals surface area contributed by atoms with Gasteiger partial charge in [0.1, 0.15) is 0 Å². The zero-order valence-corrected chi connectivity index (χ0v) is 6.90. The van der Waals surface area contributed by atoms with E-state index in [0.29, 0.717) is 0 Å². The first kappa shape index (κ1) is 6.83. The summed E-state index contributed by atoms with van der Waals surface area (Å²) in [5, 5.41) is 2.07. The van der Waals surface area contributed by atoms with Crippen LogP contribution in [-0.2, 0) is 0 Å². The van der Waals surface area contributed by atoms with Crippen LogP contribution in [0.4, 0.5) is 0 Å². The van der Waals surface area contributed by atoms with Crippen molar-refractivity contribution in [3.8, 4) is 0 Å². The van der Waals surface area contributed by atoms with Crippen molar-refractivity contribution in [2.24, 2.45) is 0 Å². The van der Waals surface area contributed by atoms with Gasteiger partial charge in [-0.05, 0) is 17.5 Å². The van der Waals surface area contributed by atoms with Crippen LogP contribution in [0, 0.1) is 0 Å². The largest absolute Gasteiger partial charge is 0.250 e. The van der Waals surface area contributed by atoms with E-state index >= 15 is 0 Å². The molecule has 0 spiro atoms. The Kier molecular flexibility index (Phi) is 2.30. The lowest BCUT2D eigenvalue weighted by Gasteiger charge is -1.92. The first-order valence-electron chi connectivity index (χ1n) is 2.54. The fraction of sp³-hybridized carbons (Fsp3) is 0.167. The van der Waals surface area contributed by atoms with Gasteiger partial charge >= 0.3 is 0 Å². The number of rotatable bonds is 1. The Balaban J connectivity index is 2.88. The molecule has 1 aromatic rings. The molecule has 1 aromatic heterocycles. The third-order valence-electron chi connectivity index (χ3n) is 0.945. The summed E-state index contributed by atoms with van der Waals surface area (Å²) in [5.74, 6) is 0.